The molecular formula is C21H23N3O4. The van der Waals surface area contributed by atoms with Gasteiger partial charge in [-0.15, -0.1) is 0 Å². The Morgan fingerprint density at radius 1 is 1.04 bits per heavy atom. The molecule has 3 N–H and O–H groups in total. The van der Waals surface area contributed by atoms with Gasteiger partial charge in [0, 0.05) is 0 Å². The lowest BCUT2D eigenvalue weighted by molar-refractivity contribution is -0.131. The second-order valence-electron chi connectivity index (χ2n) is 6.75. The van der Waals surface area contributed by atoms with Gasteiger partial charge in [0.2, 0.25) is 5.91 Å². The minimum atomic E-state index is -0.896. The number of amides is 4. The second-order valence-corrected chi connectivity index (χ2v) is 6.75. The number of imide groups is 1. The van der Waals surface area contributed by atoms with Crippen LogP contribution < -0.4 is 10.6 Å². The third-order valence-electron chi connectivity index (χ3n) is 4.59. The Morgan fingerprint density at radius 3 is 2.25 bits per heavy atom. The number of carbonyl (C=O) groups excluding carboxylic acids is 3. The fourth-order valence-electron chi connectivity index (χ4n) is 3.16. The number of hydrogen-bond donors (Lipinski definition) is 3. The van der Waals surface area contributed by atoms with Crippen LogP contribution in [0, 0.1) is 0 Å². The van der Waals surface area contributed by atoms with Crippen LogP contribution in [-0.2, 0) is 22.6 Å². The van der Waals surface area contributed by atoms with Crippen LogP contribution in [-0.4, -0.2) is 46.5 Å². The molecule has 28 heavy (non-hydrogen) atoms. The molecule has 146 valence electrons. The van der Waals surface area contributed by atoms with Crippen molar-refractivity contribution < 1.29 is 19.5 Å². The van der Waals surface area contributed by atoms with Gasteiger partial charge in [0.1, 0.15) is 6.04 Å². The molecule has 2 aromatic rings. The number of aliphatic hydroxyl groups is 1. The molecule has 3 rings (SSSR count). The topological polar surface area (TPSA) is 98.7 Å². The lowest BCUT2D eigenvalue weighted by Crippen LogP contribution is -2.43. The maximum absolute atomic E-state index is 12.5. The number of nitrogens with zero attached hydrogens (tertiary/aromatic N) is 1. The molecule has 0 aromatic heterocycles. The molecule has 2 atom stereocenters. The van der Waals surface area contributed by atoms with E-state index in [9.17, 15) is 19.5 Å². The van der Waals surface area contributed by atoms with Gasteiger partial charge in [0.05, 0.1) is 25.6 Å². The van der Waals surface area contributed by atoms with Gasteiger partial charge in [-0.25, -0.2) is 4.79 Å². The number of urea groups is 1. The molecule has 1 saturated heterocycles. The van der Waals surface area contributed by atoms with Crippen molar-refractivity contribution in [2.45, 2.75) is 31.5 Å². The molecule has 1 aliphatic heterocycles. The molecule has 0 radical (unpaired) electrons. The van der Waals surface area contributed by atoms with Crippen molar-refractivity contribution >= 4 is 17.8 Å². The van der Waals surface area contributed by atoms with Crippen molar-refractivity contribution in [2.24, 2.45) is 0 Å². The van der Waals surface area contributed by atoms with Crippen LogP contribution in [0.5, 0.6) is 0 Å². The highest BCUT2D eigenvalue weighted by atomic mass is 16.3. The van der Waals surface area contributed by atoms with Crippen LogP contribution in [0.3, 0.4) is 0 Å². The first-order valence-corrected chi connectivity index (χ1v) is 9.16. The molecule has 1 heterocycles. The number of benzene rings is 2. The summed E-state index contributed by atoms with van der Waals surface area (Å²) >= 11 is 0. The van der Waals surface area contributed by atoms with Crippen LogP contribution >= 0.6 is 0 Å². The molecule has 0 spiro atoms. The molecule has 7 nitrogen and oxygen atoms in total. The van der Waals surface area contributed by atoms with E-state index in [2.05, 4.69) is 10.6 Å². The van der Waals surface area contributed by atoms with E-state index in [0.29, 0.717) is 6.42 Å². The maximum atomic E-state index is 12.5. The standard InChI is InChI=1S/C21H23N3O4/c25-14-17(11-15-7-3-1-4-8-15)22-19(26)12-18-20(27)24(21(28)23-18)13-16-9-5-2-6-10-16/h1-10,17-18,25H,11-14H2,(H,22,26)(H,23,28)/t17-,18+/m1/s1. The Morgan fingerprint density at radius 2 is 1.64 bits per heavy atom. The molecule has 0 aliphatic carbocycles. The SMILES string of the molecule is O=C(C[C@@H]1NC(=O)N(Cc2ccccc2)C1=O)N[C@@H](CO)Cc1ccccc1. The predicted octanol–water partition coefficient (Wildman–Crippen LogP) is 1.22. The lowest BCUT2D eigenvalue weighted by Gasteiger charge is -2.17. The first-order chi connectivity index (χ1) is 13.6. The van der Waals surface area contributed by atoms with Gasteiger partial charge < -0.3 is 15.7 Å². The van der Waals surface area contributed by atoms with E-state index in [1.165, 1.54) is 0 Å². The molecule has 7 heteroatoms. The third kappa shape index (κ3) is 4.95. The smallest absolute Gasteiger partial charge is 0.325 e. The van der Waals surface area contributed by atoms with Crippen LogP contribution in [0.1, 0.15) is 17.5 Å². The summed E-state index contributed by atoms with van der Waals surface area (Å²) in [5, 5.41) is 14.8. The van der Waals surface area contributed by atoms with Crippen LogP contribution in [0.2, 0.25) is 0 Å². The number of carbonyl (C=O) groups is 3. The minimum absolute atomic E-state index is 0.164. The molecule has 2 aromatic carbocycles. The lowest BCUT2D eigenvalue weighted by atomic mass is 10.1. The van der Waals surface area contributed by atoms with Crippen molar-refractivity contribution in [1.29, 1.82) is 0 Å². The molecule has 4 amide bonds. The minimum Gasteiger partial charge on any atom is -0.394 e. The van der Waals surface area contributed by atoms with Crippen LogP contribution in [0.15, 0.2) is 60.7 Å². The zero-order valence-electron chi connectivity index (χ0n) is 15.4. The van der Waals surface area contributed by atoms with Crippen molar-refractivity contribution in [3.05, 3.63) is 71.8 Å². The van der Waals surface area contributed by atoms with Crippen molar-refractivity contribution in [2.75, 3.05) is 6.61 Å². The van der Waals surface area contributed by atoms with Gasteiger partial charge in [-0.1, -0.05) is 60.7 Å². The first kappa shape index (κ1) is 19.6. The highest BCUT2D eigenvalue weighted by Gasteiger charge is 2.39. The Kier molecular flexibility index (Phi) is 6.39. The number of hydrogen-bond acceptors (Lipinski definition) is 4. The van der Waals surface area contributed by atoms with E-state index in [1.807, 2.05) is 60.7 Å². The van der Waals surface area contributed by atoms with Crippen molar-refractivity contribution in [1.82, 2.24) is 15.5 Å². The molecular weight excluding hydrogens is 358 g/mol. The van der Waals surface area contributed by atoms with Crippen molar-refractivity contribution in [3.63, 3.8) is 0 Å². The summed E-state index contributed by atoms with van der Waals surface area (Å²) < 4.78 is 0. The molecule has 1 aliphatic rings. The largest absolute Gasteiger partial charge is 0.394 e. The van der Waals surface area contributed by atoms with E-state index in [0.717, 1.165) is 16.0 Å². The van der Waals surface area contributed by atoms with Gasteiger partial charge in [-0.2, -0.15) is 0 Å². The summed E-state index contributed by atoms with van der Waals surface area (Å²) in [4.78, 5) is 38.1. The average molecular weight is 381 g/mol. The maximum Gasteiger partial charge on any atom is 0.325 e. The zero-order valence-corrected chi connectivity index (χ0v) is 15.4. The second kappa shape index (κ2) is 9.14. The molecule has 0 unspecified atom stereocenters. The molecule has 0 bridgehead atoms. The van der Waals surface area contributed by atoms with Gasteiger partial charge >= 0.3 is 6.03 Å². The number of rotatable bonds is 8. The van der Waals surface area contributed by atoms with Crippen LogP contribution in [0.25, 0.3) is 0 Å². The first-order valence-electron chi connectivity index (χ1n) is 9.16. The summed E-state index contributed by atoms with van der Waals surface area (Å²) in [6.07, 6.45) is 0.315. The monoisotopic (exact) mass is 381 g/mol. The van der Waals surface area contributed by atoms with E-state index in [1.54, 1.807) is 0 Å². The average Bonchev–Trinajstić information content (AvgIpc) is 2.96. The number of nitrogens with one attached hydrogen (secondary N) is 2. The Hall–Kier alpha value is -3.19. The van der Waals surface area contributed by atoms with Crippen molar-refractivity contribution in [3.8, 4) is 0 Å². The summed E-state index contributed by atoms with van der Waals surface area (Å²) in [7, 11) is 0. The van der Waals surface area contributed by atoms with Gasteiger partial charge in [0.25, 0.3) is 5.91 Å². The number of aliphatic hydroxyl groups excluding tert-OH is 1. The van der Waals surface area contributed by atoms with Crippen LogP contribution in [0.4, 0.5) is 4.79 Å². The van der Waals surface area contributed by atoms with E-state index in [4.69, 9.17) is 0 Å². The predicted molar refractivity (Wildman–Crippen MR) is 103 cm³/mol. The normalized spacial score (nSPS) is 17.3. The summed E-state index contributed by atoms with van der Waals surface area (Å²) in [6, 6.07) is 16.8. The zero-order chi connectivity index (χ0) is 19.9. The summed E-state index contributed by atoms with van der Waals surface area (Å²) in [6.45, 7) is -0.0529. The molecule has 1 fully saturated rings. The van der Waals surface area contributed by atoms with Gasteiger partial charge in [-0.3, -0.25) is 14.5 Å². The van der Waals surface area contributed by atoms with Gasteiger partial charge in [0.15, 0.2) is 0 Å². The van der Waals surface area contributed by atoms with E-state index < -0.39 is 29.9 Å². The highest BCUT2D eigenvalue weighted by molar-refractivity contribution is 6.05. The van der Waals surface area contributed by atoms with E-state index >= 15 is 0 Å². The highest BCUT2D eigenvalue weighted by Crippen LogP contribution is 2.14. The van der Waals surface area contributed by atoms with Gasteiger partial charge in [-0.05, 0) is 17.5 Å². The molecule has 0 saturated carbocycles. The Balaban J connectivity index is 1.54. The fraction of sp³-hybridized carbons (Fsp3) is 0.286. The third-order valence-corrected chi connectivity index (χ3v) is 4.59. The Labute approximate surface area is 163 Å². The Bertz CT molecular complexity index is 826. The summed E-state index contributed by atoms with van der Waals surface area (Å²) in [5.41, 5.74) is 1.82. The van der Waals surface area contributed by atoms with E-state index in [-0.39, 0.29) is 19.6 Å². The fourth-order valence-corrected chi connectivity index (χ4v) is 3.16. The quantitative estimate of drug-likeness (QED) is 0.599. The summed E-state index contributed by atoms with van der Waals surface area (Å²) in [5.74, 6) is -0.817.